The molecule has 0 aliphatic carbocycles. The molecule has 5 heteroatoms. The largest absolute Gasteiger partial charge is 0.479 e. The van der Waals surface area contributed by atoms with Crippen LogP contribution in [0.4, 0.5) is 0 Å². The second-order valence-electron chi connectivity index (χ2n) is 5.89. The third-order valence-corrected chi connectivity index (χ3v) is 3.23. The van der Waals surface area contributed by atoms with E-state index in [0.717, 1.165) is 5.56 Å². The topological polar surface area (TPSA) is 75.6 Å². The van der Waals surface area contributed by atoms with Gasteiger partial charge in [-0.25, -0.2) is 9.59 Å². The van der Waals surface area contributed by atoms with Crippen molar-refractivity contribution in [3.63, 3.8) is 0 Å². The molecule has 0 saturated heterocycles. The van der Waals surface area contributed by atoms with E-state index in [0.29, 0.717) is 18.5 Å². The maximum Gasteiger partial charge on any atom is 0.343 e. The van der Waals surface area contributed by atoms with Crippen molar-refractivity contribution in [3.8, 4) is 0 Å². The molecular weight excluding hydrogens is 258 g/mol. The van der Waals surface area contributed by atoms with Crippen molar-refractivity contribution in [1.29, 1.82) is 0 Å². The average molecular weight is 277 g/mol. The minimum absolute atomic E-state index is 0.419. The second-order valence-corrected chi connectivity index (χ2v) is 5.89. The summed E-state index contributed by atoms with van der Waals surface area (Å²) in [4.78, 5) is 24.3. The van der Waals surface area contributed by atoms with Gasteiger partial charge in [-0.2, -0.15) is 0 Å². The average Bonchev–Trinajstić information content (AvgIpc) is 2.35. The molecule has 0 fully saturated rings. The molecule has 1 unspecified atom stereocenters. The highest BCUT2D eigenvalue weighted by atomic mass is 16.6. The molecule has 2 N–H and O–H groups in total. The van der Waals surface area contributed by atoms with Gasteiger partial charge in [-0.15, -0.1) is 0 Å². The Bertz CT molecular complexity index is 547. The van der Waals surface area contributed by atoms with Gasteiger partial charge in [0.25, 0.3) is 0 Å². The molecule has 0 spiro atoms. The standard InChI is InChI=1S/C15H19NO4/c1-14(2,3)20-13(19)15(12(17)18)11-7-5-4-6-10(11)8-9-16-15/h4-7,16H,8-9H2,1-3H3,(H,17,18). The zero-order valence-corrected chi connectivity index (χ0v) is 11.9. The van der Waals surface area contributed by atoms with Crippen LogP contribution in [0.2, 0.25) is 0 Å². The van der Waals surface area contributed by atoms with Crippen molar-refractivity contribution in [2.45, 2.75) is 38.3 Å². The lowest BCUT2D eigenvalue weighted by molar-refractivity contribution is -0.172. The summed E-state index contributed by atoms with van der Waals surface area (Å²) in [5.41, 5.74) is -1.23. The van der Waals surface area contributed by atoms with Crippen LogP contribution >= 0.6 is 0 Å². The van der Waals surface area contributed by atoms with Crippen molar-refractivity contribution in [2.24, 2.45) is 0 Å². The van der Waals surface area contributed by atoms with Gasteiger partial charge >= 0.3 is 11.9 Å². The van der Waals surface area contributed by atoms with Crippen molar-refractivity contribution in [1.82, 2.24) is 5.32 Å². The Hall–Kier alpha value is -1.88. The highest BCUT2D eigenvalue weighted by Gasteiger charge is 2.52. The van der Waals surface area contributed by atoms with Crippen molar-refractivity contribution in [2.75, 3.05) is 6.54 Å². The molecule has 0 radical (unpaired) electrons. The Kier molecular flexibility index (Phi) is 3.56. The summed E-state index contributed by atoms with van der Waals surface area (Å²) in [6, 6.07) is 7.08. The number of rotatable bonds is 2. The first kappa shape index (κ1) is 14.5. The molecule has 1 aromatic rings. The Labute approximate surface area is 117 Å². The highest BCUT2D eigenvalue weighted by Crippen LogP contribution is 2.31. The van der Waals surface area contributed by atoms with Crippen LogP contribution in [0.3, 0.4) is 0 Å². The van der Waals surface area contributed by atoms with Crippen LogP contribution in [0.5, 0.6) is 0 Å². The van der Waals surface area contributed by atoms with Crippen LogP contribution in [0, 0.1) is 0 Å². The number of aliphatic carboxylic acids is 1. The van der Waals surface area contributed by atoms with E-state index < -0.39 is 23.1 Å². The molecule has 0 bridgehead atoms. The number of esters is 1. The van der Waals surface area contributed by atoms with E-state index in [2.05, 4.69) is 5.32 Å². The summed E-state index contributed by atoms with van der Waals surface area (Å²) in [6.45, 7) is 5.57. The van der Waals surface area contributed by atoms with Crippen molar-refractivity contribution >= 4 is 11.9 Å². The minimum atomic E-state index is -1.82. The van der Waals surface area contributed by atoms with Gasteiger partial charge in [0.15, 0.2) is 0 Å². The van der Waals surface area contributed by atoms with Gasteiger partial charge in [0.05, 0.1) is 0 Å². The van der Waals surface area contributed by atoms with Gasteiger partial charge in [-0.1, -0.05) is 24.3 Å². The van der Waals surface area contributed by atoms with E-state index in [1.807, 2.05) is 12.1 Å². The lowest BCUT2D eigenvalue weighted by Gasteiger charge is -2.36. The third-order valence-electron chi connectivity index (χ3n) is 3.23. The maximum atomic E-state index is 12.5. The van der Waals surface area contributed by atoms with Crippen LogP contribution in [-0.2, 0) is 26.3 Å². The van der Waals surface area contributed by atoms with Crippen LogP contribution in [-0.4, -0.2) is 29.2 Å². The van der Waals surface area contributed by atoms with E-state index >= 15 is 0 Å². The molecule has 1 heterocycles. The van der Waals surface area contributed by atoms with E-state index in [4.69, 9.17) is 4.74 Å². The number of carboxylic acid groups (broad SMARTS) is 1. The van der Waals surface area contributed by atoms with E-state index in [1.165, 1.54) is 0 Å². The Morgan fingerprint density at radius 3 is 2.55 bits per heavy atom. The molecule has 1 aliphatic rings. The molecule has 5 nitrogen and oxygen atoms in total. The number of hydrogen-bond donors (Lipinski definition) is 2. The smallest absolute Gasteiger partial charge is 0.343 e. The number of hydrogen-bond acceptors (Lipinski definition) is 4. The van der Waals surface area contributed by atoms with Gasteiger partial charge < -0.3 is 9.84 Å². The Morgan fingerprint density at radius 2 is 1.95 bits per heavy atom. The summed E-state index contributed by atoms with van der Waals surface area (Å²) in [5.74, 6) is -2.01. The monoisotopic (exact) mass is 277 g/mol. The lowest BCUT2D eigenvalue weighted by atomic mass is 9.82. The third kappa shape index (κ3) is 2.41. The predicted octanol–water partition coefficient (Wildman–Crippen LogP) is 1.45. The summed E-state index contributed by atoms with van der Waals surface area (Å²) in [5, 5.41) is 12.5. The summed E-state index contributed by atoms with van der Waals surface area (Å²) in [6.07, 6.45) is 0.688. The van der Waals surface area contributed by atoms with Gasteiger partial charge in [0.2, 0.25) is 5.54 Å². The van der Waals surface area contributed by atoms with E-state index in [1.54, 1.807) is 32.9 Å². The second kappa shape index (κ2) is 4.90. The molecule has 0 saturated carbocycles. The normalized spacial score (nSPS) is 21.9. The Morgan fingerprint density at radius 1 is 1.30 bits per heavy atom. The number of carboxylic acids is 1. The number of carbonyl (C=O) groups is 2. The molecule has 0 aromatic heterocycles. The van der Waals surface area contributed by atoms with Crippen molar-refractivity contribution in [3.05, 3.63) is 35.4 Å². The number of carbonyl (C=O) groups excluding carboxylic acids is 1. The van der Waals surface area contributed by atoms with E-state index in [9.17, 15) is 14.7 Å². The molecule has 20 heavy (non-hydrogen) atoms. The molecule has 1 aromatic carbocycles. The fraction of sp³-hybridized carbons (Fsp3) is 0.467. The molecule has 2 rings (SSSR count). The first-order valence-corrected chi connectivity index (χ1v) is 6.57. The quantitative estimate of drug-likeness (QED) is 0.632. The number of fused-ring (bicyclic) bond motifs is 1. The molecule has 1 atom stereocenters. The summed E-state index contributed by atoms with van der Waals surface area (Å²) >= 11 is 0. The van der Waals surface area contributed by atoms with Crippen LogP contribution < -0.4 is 5.32 Å². The van der Waals surface area contributed by atoms with Crippen molar-refractivity contribution < 1.29 is 19.4 Å². The number of ether oxygens (including phenoxy) is 1. The Balaban J connectivity index is 2.52. The molecule has 1 aliphatic heterocycles. The lowest BCUT2D eigenvalue weighted by Crippen LogP contribution is -2.60. The van der Waals surface area contributed by atoms with E-state index in [-0.39, 0.29) is 0 Å². The zero-order valence-electron chi connectivity index (χ0n) is 11.9. The summed E-state index contributed by atoms with van der Waals surface area (Å²) in [7, 11) is 0. The SMILES string of the molecule is CC(C)(C)OC(=O)C1(C(=O)O)NCCc2ccccc21. The fourth-order valence-electron chi connectivity index (χ4n) is 2.40. The number of benzene rings is 1. The first-order valence-electron chi connectivity index (χ1n) is 6.57. The van der Waals surface area contributed by atoms with Gasteiger partial charge in [0, 0.05) is 6.54 Å². The number of nitrogens with one attached hydrogen (secondary N) is 1. The molecule has 108 valence electrons. The van der Waals surface area contributed by atoms with Crippen LogP contribution in [0.15, 0.2) is 24.3 Å². The fourth-order valence-corrected chi connectivity index (χ4v) is 2.40. The van der Waals surface area contributed by atoms with Crippen LogP contribution in [0.25, 0.3) is 0 Å². The maximum absolute atomic E-state index is 12.5. The van der Waals surface area contributed by atoms with Gasteiger partial charge in [-0.05, 0) is 38.3 Å². The van der Waals surface area contributed by atoms with Crippen LogP contribution in [0.1, 0.15) is 31.9 Å². The van der Waals surface area contributed by atoms with Gasteiger partial charge in [-0.3, -0.25) is 5.32 Å². The summed E-state index contributed by atoms with van der Waals surface area (Å²) < 4.78 is 5.32. The zero-order chi connectivity index (χ0) is 15.0. The molecular formula is C15H19NO4. The molecule has 0 amide bonds. The highest BCUT2D eigenvalue weighted by molar-refractivity contribution is 6.05. The first-order chi connectivity index (χ1) is 9.27. The minimum Gasteiger partial charge on any atom is -0.479 e. The van der Waals surface area contributed by atoms with Gasteiger partial charge in [0.1, 0.15) is 5.60 Å². The predicted molar refractivity (Wildman–Crippen MR) is 73.3 cm³/mol.